The van der Waals surface area contributed by atoms with Gasteiger partial charge in [0.2, 0.25) is 0 Å². The first kappa shape index (κ1) is 10.4. The molecule has 5 heteroatoms. The van der Waals surface area contributed by atoms with Crippen LogP contribution in [-0.4, -0.2) is 19.8 Å². The summed E-state index contributed by atoms with van der Waals surface area (Å²) in [6.07, 6.45) is 6.82. The van der Waals surface area contributed by atoms with Gasteiger partial charge >= 0.3 is 0 Å². The number of aromatic nitrogens is 3. The van der Waals surface area contributed by atoms with E-state index in [1.165, 1.54) is 5.56 Å². The van der Waals surface area contributed by atoms with E-state index >= 15 is 0 Å². The molecule has 17 heavy (non-hydrogen) atoms. The Morgan fingerprint density at radius 1 is 1.41 bits per heavy atom. The Balaban J connectivity index is 2.22. The van der Waals surface area contributed by atoms with E-state index in [0.29, 0.717) is 4.99 Å². The third-order valence-electron chi connectivity index (χ3n) is 3.02. The lowest BCUT2D eigenvalue weighted by Gasteiger charge is -2.10. The molecule has 0 bridgehead atoms. The molecule has 2 aromatic rings. The lowest BCUT2D eigenvalue weighted by atomic mass is 10.1. The Kier molecular flexibility index (Phi) is 2.40. The van der Waals surface area contributed by atoms with Crippen LogP contribution in [-0.2, 0) is 12.8 Å². The zero-order valence-electron chi connectivity index (χ0n) is 9.26. The highest BCUT2D eigenvalue weighted by Crippen LogP contribution is 2.24. The first-order chi connectivity index (χ1) is 8.25. The van der Waals surface area contributed by atoms with Gasteiger partial charge in [-0.3, -0.25) is 0 Å². The molecule has 0 spiro atoms. The molecule has 2 aromatic heterocycles. The van der Waals surface area contributed by atoms with Gasteiger partial charge in [-0.1, -0.05) is 12.2 Å². The summed E-state index contributed by atoms with van der Waals surface area (Å²) in [6.45, 7) is 0. The van der Waals surface area contributed by atoms with Crippen molar-refractivity contribution in [1.82, 2.24) is 14.8 Å². The molecule has 1 aliphatic carbocycles. The molecule has 1 aliphatic rings. The van der Waals surface area contributed by atoms with E-state index < -0.39 is 0 Å². The second-order valence-electron chi connectivity index (χ2n) is 4.13. The van der Waals surface area contributed by atoms with E-state index in [1.807, 2.05) is 12.3 Å². The van der Waals surface area contributed by atoms with Gasteiger partial charge in [-0.05, 0) is 37.0 Å². The SMILES string of the molecule is NC(=S)c1cc2c(nc1-n1cccn1)CCC2. The largest absolute Gasteiger partial charge is 0.389 e. The normalized spacial score (nSPS) is 13.6. The predicted octanol–water partition coefficient (Wildman–Crippen LogP) is 1.39. The Labute approximate surface area is 104 Å². The maximum absolute atomic E-state index is 5.77. The number of fused-ring (bicyclic) bond motifs is 1. The van der Waals surface area contributed by atoms with Crippen molar-refractivity contribution in [3.05, 3.63) is 41.3 Å². The molecule has 0 radical (unpaired) electrons. The Morgan fingerprint density at radius 2 is 2.29 bits per heavy atom. The van der Waals surface area contributed by atoms with Crippen LogP contribution in [0.25, 0.3) is 5.82 Å². The highest BCUT2D eigenvalue weighted by Gasteiger charge is 2.18. The monoisotopic (exact) mass is 244 g/mol. The van der Waals surface area contributed by atoms with E-state index in [9.17, 15) is 0 Å². The minimum absolute atomic E-state index is 0.373. The summed E-state index contributed by atoms with van der Waals surface area (Å²) in [5.74, 6) is 0.739. The minimum Gasteiger partial charge on any atom is -0.389 e. The fourth-order valence-electron chi connectivity index (χ4n) is 2.21. The first-order valence-electron chi connectivity index (χ1n) is 5.58. The van der Waals surface area contributed by atoms with Crippen molar-refractivity contribution in [1.29, 1.82) is 0 Å². The van der Waals surface area contributed by atoms with Crippen LogP contribution in [0.1, 0.15) is 23.2 Å². The lowest BCUT2D eigenvalue weighted by molar-refractivity contribution is 0.829. The number of nitrogens with two attached hydrogens (primary N) is 1. The standard InChI is InChI=1S/C12H12N4S/c13-11(17)9-7-8-3-1-4-10(8)15-12(9)16-6-2-5-14-16/h2,5-7H,1,3-4H2,(H2,13,17). The Hall–Kier alpha value is -1.75. The number of nitrogens with zero attached hydrogens (tertiary/aromatic N) is 3. The molecule has 2 N–H and O–H groups in total. The topological polar surface area (TPSA) is 56.7 Å². The smallest absolute Gasteiger partial charge is 0.163 e. The average molecular weight is 244 g/mol. The Morgan fingerprint density at radius 3 is 3.00 bits per heavy atom. The molecule has 0 unspecified atom stereocenters. The molecule has 0 amide bonds. The molecule has 0 atom stereocenters. The molecular weight excluding hydrogens is 232 g/mol. The van der Waals surface area contributed by atoms with Crippen molar-refractivity contribution in [3.8, 4) is 5.82 Å². The zero-order chi connectivity index (χ0) is 11.8. The molecule has 0 fully saturated rings. The van der Waals surface area contributed by atoms with Crippen LogP contribution >= 0.6 is 12.2 Å². The quantitative estimate of drug-likeness (QED) is 0.811. The van der Waals surface area contributed by atoms with Gasteiger partial charge in [0.1, 0.15) is 4.99 Å². The highest BCUT2D eigenvalue weighted by molar-refractivity contribution is 7.80. The third kappa shape index (κ3) is 1.72. The summed E-state index contributed by atoms with van der Waals surface area (Å²) in [6, 6.07) is 3.92. The second kappa shape index (κ2) is 3.92. The predicted molar refractivity (Wildman–Crippen MR) is 69.3 cm³/mol. The van der Waals surface area contributed by atoms with Crippen LogP contribution in [0.15, 0.2) is 24.5 Å². The first-order valence-corrected chi connectivity index (χ1v) is 5.99. The van der Waals surface area contributed by atoms with Crippen LogP contribution in [0, 0.1) is 0 Å². The molecule has 2 heterocycles. The number of thiocarbonyl (C=S) groups is 1. The van der Waals surface area contributed by atoms with Gasteiger partial charge < -0.3 is 5.73 Å². The summed E-state index contributed by atoms with van der Waals surface area (Å²) in [4.78, 5) is 5.02. The van der Waals surface area contributed by atoms with Gasteiger partial charge in [0.25, 0.3) is 0 Å². The number of pyridine rings is 1. The van der Waals surface area contributed by atoms with Crippen molar-refractivity contribution < 1.29 is 0 Å². The fourth-order valence-corrected chi connectivity index (χ4v) is 2.36. The maximum Gasteiger partial charge on any atom is 0.163 e. The van der Waals surface area contributed by atoms with Crippen molar-refractivity contribution in [2.75, 3.05) is 0 Å². The number of rotatable bonds is 2. The average Bonchev–Trinajstić information content (AvgIpc) is 2.98. The van der Waals surface area contributed by atoms with Crippen molar-refractivity contribution >= 4 is 17.2 Å². The van der Waals surface area contributed by atoms with Gasteiger partial charge in [-0.25, -0.2) is 9.67 Å². The van der Waals surface area contributed by atoms with E-state index in [0.717, 1.165) is 36.3 Å². The molecule has 0 aromatic carbocycles. The molecule has 0 saturated heterocycles. The minimum atomic E-state index is 0.373. The second-order valence-corrected chi connectivity index (χ2v) is 4.57. The molecule has 0 saturated carbocycles. The van der Waals surface area contributed by atoms with Gasteiger partial charge in [0.05, 0.1) is 5.56 Å². The van der Waals surface area contributed by atoms with Crippen molar-refractivity contribution in [2.45, 2.75) is 19.3 Å². The van der Waals surface area contributed by atoms with Gasteiger partial charge in [0, 0.05) is 18.1 Å². The van der Waals surface area contributed by atoms with E-state index in [-0.39, 0.29) is 0 Å². The van der Waals surface area contributed by atoms with Crippen LogP contribution < -0.4 is 5.73 Å². The van der Waals surface area contributed by atoms with E-state index in [2.05, 4.69) is 16.1 Å². The third-order valence-corrected chi connectivity index (χ3v) is 3.24. The van der Waals surface area contributed by atoms with Crippen LogP contribution in [0.3, 0.4) is 0 Å². The molecular formula is C12H12N4S. The molecule has 86 valence electrons. The summed E-state index contributed by atoms with van der Waals surface area (Å²) in [5, 5.41) is 4.19. The molecule has 0 aliphatic heterocycles. The summed E-state index contributed by atoms with van der Waals surface area (Å²) < 4.78 is 1.72. The number of aryl methyl sites for hydroxylation is 2. The number of hydrogen-bond donors (Lipinski definition) is 1. The summed E-state index contributed by atoms with van der Waals surface area (Å²) in [5.41, 5.74) is 8.99. The van der Waals surface area contributed by atoms with Gasteiger partial charge in [-0.2, -0.15) is 5.10 Å². The van der Waals surface area contributed by atoms with Crippen LogP contribution in [0.2, 0.25) is 0 Å². The van der Waals surface area contributed by atoms with Gasteiger partial charge in [-0.15, -0.1) is 0 Å². The number of hydrogen-bond acceptors (Lipinski definition) is 3. The fraction of sp³-hybridized carbons (Fsp3) is 0.250. The molecule has 4 nitrogen and oxygen atoms in total. The Bertz CT molecular complexity index is 574. The van der Waals surface area contributed by atoms with E-state index in [4.69, 9.17) is 18.0 Å². The molecule has 3 rings (SSSR count). The van der Waals surface area contributed by atoms with Crippen molar-refractivity contribution in [2.24, 2.45) is 5.73 Å². The van der Waals surface area contributed by atoms with E-state index in [1.54, 1.807) is 10.9 Å². The van der Waals surface area contributed by atoms with Crippen LogP contribution in [0.4, 0.5) is 0 Å². The lowest BCUT2D eigenvalue weighted by Crippen LogP contribution is -2.16. The summed E-state index contributed by atoms with van der Waals surface area (Å²) >= 11 is 5.09. The highest BCUT2D eigenvalue weighted by atomic mass is 32.1. The maximum atomic E-state index is 5.77. The van der Waals surface area contributed by atoms with Crippen LogP contribution in [0.5, 0.6) is 0 Å². The summed E-state index contributed by atoms with van der Waals surface area (Å²) in [7, 11) is 0. The van der Waals surface area contributed by atoms with Crippen molar-refractivity contribution in [3.63, 3.8) is 0 Å². The zero-order valence-corrected chi connectivity index (χ0v) is 10.1. The van der Waals surface area contributed by atoms with Gasteiger partial charge in [0.15, 0.2) is 5.82 Å².